The highest BCUT2D eigenvalue weighted by Gasteiger charge is 2.10. The number of hydrogen-bond acceptors (Lipinski definition) is 4. The van der Waals surface area contributed by atoms with Crippen molar-refractivity contribution in [1.29, 1.82) is 0 Å². The molecule has 0 saturated heterocycles. The SMILES string of the molecule is CCOC(=O)CCNC(=O)C(=O)C=Cc1ccccc1. The van der Waals surface area contributed by atoms with E-state index in [9.17, 15) is 14.4 Å². The van der Waals surface area contributed by atoms with Gasteiger partial charge in [-0.15, -0.1) is 0 Å². The molecule has 0 saturated carbocycles. The summed E-state index contributed by atoms with van der Waals surface area (Å²) in [6.45, 7) is 2.09. The van der Waals surface area contributed by atoms with E-state index in [0.717, 1.165) is 5.56 Å². The van der Waals surface area contributed by atoms with Crippen molar-refractivity contribution in [1.82, 2.24) is 5.32 Å². The Morgan fingerprint density at radius 3 is 2.55 bits per heavy atom. The Morgan fingerprint density at radius 1 is 1.20 bits per heavy atom. The van der Waals surface area contributed by atoms with E-state index in [0.29, 0.717) is 6.61 Å². The zero-order valence-corrected chi connectivity index (χ0v) is 11.3. The summed E-state index contributed by atoms with van der Waals surface area (Å²) in [5, 5.41) is 2.37. The minimum absolute atomic E-state index is 0.0509. The average molecular weight is 275 g/mol. The molecule has 1 rings (SSSR count). The van der Waals surface area contributed by atoms with Crippen LogP contribution in [0.25, 0.3) is 6.08 Å². The molecule has 1 aromatic carbocycles. The van der Waals surface area contributed by atoms with Gasteiger partial charge in [0.2, 0.25) is 5.78 Å². The van der Waals surface area contributed by atoms with Crippen LogP contribution in [0.5, 0.6) is 0 Å². The second kappa shape index (κ2) is 8.63. The zero-order valence-electron chi connectivity index (χ0n) is 11.3. The van der Waals surface area contributed by atoms with Gasteiger partial charge in [0.15, 0.2) is 0 Å². The number of nitrogens with one attached hydrogen (secondary N) is 1. The topological polar surface area (TPSA) is 72.5 Å². The summed E-state index contributed by atoms with van der Waals surface area (Å²) in [5.74, 6) is -1.79. The van der Waals surface area contributed by atoms with Gasteiger partial charge in [0.05, 0.1) is 13.0 Å². The maximum atomic E-state index is 11.5. The monoisotopic (exact) mass is 275 g/mol. The number of carbonyl (C=O) groups is 3. The normalized spacial score (nSPS) is 10.2. The molecular weight excluding hydrogens is 258 g/mol. The standard InChI is InChI=1S/C15H17NO4/c1-2-20-14(18)10-11-16-15(19)13(17)9-8-12-6-4-3-5-7-12/h3-9H,2,10-11H2,1H3,(H,16,19). The Balaban J connectivity index is 2.35. The Bertz CT molecular complexity index is 494. The molecule has 20 heavy (non-hydrogen) atoms. The predicted molar refractivity (Wildman–Crippen MR) is 74.7 cm³/mol. The Morgan fingerprint density at radius 2 is 1.90 bits per heavy atom. The highest BCUT2D eigenvalue weighted by atomic mass is 16.5. The van der Waals surface area contributed by atoms with E-state index >= 15 is 0 Å². The van der Waals surface area contributed by atoms with Crippen molar-refractivity contribution in [2.24, 2.45) is 0 Å². The summed E-state index contributed by atoms with van der Waals surface area (Å²) in [7, 11) is 0. The summed E-state index contributed by atoms with van der Waals surface area (Å²) in [5.41, 5.74) is 0.833. The van der Waals surface area contributed by atoms with Gasteiger partial charge < -0.3 is 10.1 Å². The van der Waals surface area contributed by atoms with Crippen LogP contribution in [0.1, 0.15) is 18.9 Å². The smallest absolute Gasteiger partial charge is 0.307 e. The van der Waals surface area contributed by atoms with Crippen LogP contribution in [0.15, 0.2) is 36.4 Å². The van der Waals surface area contributed by atoms with Gasteiger partial charge in [-0.2, -0.15) is 0 Å². The summed E-state index contributed by atoms with van der Waals surface area (Å²) < 4.78 is 4.70. The first kappa shape index (κ1) is 15.6. The van der Waals surface area contributed by atoms with Crippen LogP contribution in [-0.4, -0.2) is 30.8 Å². The molecule has 0 atom stereocenters. The van der Waals surface area contributed by atoms with Gasteiger partial charge in [-0.1, -0.05) is 36.4 Å². The minimum atomic E-state index is -0.735. The van der Waals surface area contributed by atoms with Crippen molar-refractivity contribution in [2.45, 2.75) is 13.3 Å². The van der Waals surface area contributed by atoms with E-state index in [-0.39, 0.29) is 13.0 Å². The third kappa shape index (κ3) is 5.95. The number of amides is 1. The van der Waals surface area contributed by atoms with Crippen molar-refractivity contribution in [3.8, 4) is 0 Å². The molecule has 1 N–H and O–H groups in total. The Hall–Kier alpha value is -2.43. The van der Waals surface area contributed by atoms with Gasteiger partial charge in [0, 0.05) is 6.54 Å². The molecule has 1 amide bonds. The lowest BCUT2D eigenvalue weighted by atomic mass is 10.2. The first-order chi connectivity index (χ1) is 9.63. The Kier molecular flexibility index (Phi) is 6.75. The molecule has 0 bridgehead atoms. The van der Waals surface area contributed by atoms with Crippen LogP contribution in [0, 0.1) is 0 Å². The van der Waals surface area contributed by atoms with Gasteiger partial charge in [-0.3, -0.25) is 14.4 Å². The molecule has 0 aromatic heterocycles. The van der Waals surface area contributed by atoms with E-state index in [4.69, 9.17) is 4.74 Å². The fraction of sp³-hybridized carbons (Fsp3) is 0.267. The highest BCUT2D eigenvalue weighted by molar-refractivity contribution is 6.41. The van der Waals surface area contributed by atoms with Gasteiger partial charge >= 0.3 is 5.97 Å². The van der Waals surface area contributed by atoms with E-state index < -0.39 is 17.7 Å². The van der Waals surface area contributed by atoms with Crippen LogP contribution in [0.3, 0.4) is 0 Å². The fourth-order valence-corrected chi connectivity index (χ4v) is 1.41. The number of carbonyl (C=O) groups excluding carboxylic acids is 3. The molecule has 0 fully saturated rings. The molecule has 5 heteroatoms. The van der Waals surface area contributed by atoms with Crippen molar-refractivity contribution in [2.75, 3.05) is 13.2 Å². The van der Waals surface area contributed by atoms with Gasteiger partial charge in [-0.05, 0) is 18.6 Å². The molecule has 0 aliphatic heterocycles. The first-order valence-corrected chi connectivity index (χ1v) is 6.34. The van der Waals surface area contributed by atoms with Crippen LogP contribution < -0.4 is 5.32 Å². The molecule has 0 heterocycles. The Labute approximate surface area is 117 Å². The van der Waals surface area contributed by atoms with Crippen LogP contribution in [0.4, 0.5) is 0 Å². The second-order valence-electron chi connectivity index (χ2n) is 3.92. The minimum Gasteiger partial charge on any atom is -0.466 e. The van der Waals surface area contributed by atoms with Crippen molar-refractivity contribution < 1.29 is 19.1 Å². The van der Waals surface area contributed by atoms with Gasteiger partial charge in [0.25, 0.3) is 5.91 Å². The molecule has 5 nitrogen and oxygen atoms in total. The maximum Gasteiger partial charge on any atom is 0.307 e. The summed E-state index contributed by atoms with van der Waals surface area (Å²) in [6.07, 6.45) is 2.82. The van der Waals surface area contributed by atoms with Crippen LogP contribution in [-0.2, 0) is 19.1 Å². The van der Waals surface area contributed by atoms with Crippen molar-refractivity contribution >= 4 is 23.7 Å². The maximum absolute atomic E-state index is 11.5. The van der Waals surface area contributed by atoms with Crippen LogP contribution in [0.2, 0.25) is 0 Å². The largest absolute Gasteiger partial charge is 0.466 e. The molecule has 1 aromatic rings. The molecule has 0 spiro atoms. The zero-order chi connectivity index (χ0) is 14.8. The summed E-state index contributed by atoms with van der Waals surface area (Å²) in [4.78, 5) is 34.0. The lowest BCUT2D eigenvalue weighted by molar-refractivity contribution is -0.143. The van der Waals surface area contributed by atoms with Crippen molar-refractivity contribution in [3.05, 3.63) is 42.0 Å². The van der Waals surface area contributed by atoms with Crippen molar-refractivity contribution in [3.63, 3.8) is 0 Å². The molecule has 0 unspecified atom stereocenters. The number of esters is 1. The van der Waals surface area contributed by atoms with E-state index in [1.54, 1.807) is 13.0 Å². The summed E-state index contributed by atoms with van der Waals surface area (Å²) >= 11 is 0. The quantitative estimate of drug-likeness (QED) is 0.463. The number of rotatable bonds is 7. The fourth-order valence-electron chi connectivity index (χ4n) is 1.41. The van der Waals surface area contributed by atoms with Crippen LogP contribution >= 0.6 is 0 Å². The molecule has 0 radical (unpaired) electrons. The average Bonchev–Trinajstić information content (AvgIpc) is 2.46. The van der Waals surface area contributed by atoms with E-state index in [2.05, 4.69) is 5.32 Å². The number of benzene rings is 1. The molecule has 0 aliphatic carbocycles. The second-order valence-corrected chi connectivity index (χ2v) is 3.92. The lowest BCUT2D eigenvalue weighted by Gasteiger charge is -2.02. The molecule has 0 aliphatic rings. The third-order valence-corrected chi connectivity index (χ3v) is 2.37. The molecule has 106 valence electrons. The number of hydrogen-bond donors (Lipinski definition) is 1. The lowest BCUT2D eigenvalue weighted by Crippen LogP contribution is -2.31. The highest BCUT2D eigenvalue weighted by Crippen LogP contribution is 2.00. The van der Waals surface area contributed by atoms with Gasteiger partial charge in [0.1, 0.15) is 0 Å². The van der Waals surface area contributed by atoms with E-state index in [1.165, 1.54) is 6.08 Å². The number of ketones is 1. The third-order valence-electron chi connectivity index (χ3n) is 2.37. The van der Waals surface area contributed by atoms with E-state index in [1.807, 2.05) is 30.3 Å². The molecular formula is C15H17NO4. The predicted octanol–water partition coefficient (Wildman–Crippen LogP) is 1.34. The van der Waals surface area contributed by atoms with Gasteiger partial charge in [-0.25, -0.2) is 0 Å². The summed E-state index contributed by atoms with van der Waals surface area (Å²) in [6, 6.07) is 9.18. The first-order valence-electron chi connectivity index (χ1n) is 6.34. The number of ether oxygens (including phenoxy) is 1.